The number of carbonyl (C=O) groups is 2. The fourth-order valence-electron chi connectivity index (χ4n) is 6.35. The topological polar surface area (TPSA) is 168 Å². The molecule has 4 N–H and O–H groups in total. The van der Waals surface area contributed by atoms with Crippen LogP contribution in [0.3, 0.4) is 0 Å². The maximum atomic E-state index is 12.6. The first-order valence-corrected chi connectivity index (χ1v) is 24.0. The molecule has 3 atom stereocenters. The van der Waals surface area contributed by atoms with Crippen LogP contribution in [0.15, 0.2) is 53.0 Å². The quantitative estimate of drug-likeness (QED) is 0.0251. The fraction of sp³-hybridized carbons (Fsp3) is 0.702. The van der Waals surface area contributed by atoms with Gasteiger partial charge in [0.05, 0.1) is 19.3 Å². The minimum atomic E-state index is -4.42. The number of ether oxygens (including phenoxy) is 2. The highest BCUT2D eigenvalue weighted by molar-refractivity contribution is 7.47. The molecule has 0 amide bonds. The Hall–Kier alpha value is -2.79. The molecule has 0 bridgehead atoms. The molecule has 1 rings (SSSR count). The molecule has 0 aliphatic heterocycles. The Labute approximate surface area is 356 Å². The van der Waals surface area contributed by atoms with Crippen LogP contribution in [0.25, 0.3) is 0 Å². The van der Waals surface area contributed by atoms with Crippen LogP contribution in [-0.4, -0.2) is 60.5 Å². The van der Waals surface area contributed by atoms with Gasteiger partial charge in [-0.3, -0.25) is 18.6 Å². The number of allylic oxidation sites excluding steroid dienone is 7. The van der Waals surface area contributed by atoms with Gasteiger partial charge in [-0.05, 0) is 89.2 Å². The van der Waals surface area contributed by atoms with Crippen LogP contribution < -0.4 is 5.73 Å². The molecule has 11 nitrogen and oxygen atoms in total. The highest BCUT2D eigenvalue weighted by Crippen LogP contribution is 2.43. The smallest absolute Gasteiger partial charge is 0.466 e. The second-order valence-electron chi connectivity index (χ2n) is 15.3. The summed E-state index contributed by atoms with van der Waals surface area (Å²) in [5.74, 6) is 1.39. The highest BCUT2D eigenvalue weighted by Gasteiger charge is 2.26. The summed E-state index contributed by atoms with van der Waals surface area (Å²) in [6.07, 6.45) is 36.0. The van der Waals surface area contributed by atoms with Crippen molar-refractivity contribution in [3.63, 3.8) is 0 Å². The molecule has 0 saturated heterocycles. The summed E-state index contributed by atoms with van der Waals surface area (Å²) in [5, 5.41) is 9.73. The normalized spacial score (nSPS) is 14.2. The molecule has 0 fully saturated rings. The van der Waals surface area contributed by atoms with Gasteiger partial charge in [0.25, 0.3) is 0 Å². The summed E-state index contributed by atoms with van der Waals surface area (Å²) < 4.78 is 39.0. The second kappa shape index (κ2) is 35.9. The van der Waals surface area contributed by atoms with E-state index >= 15 is 0 Å². The highest BCUT2D eigenvalue weighted by atomic mass is 31.2. The Balaban J connectivity index is 2.30. The zero-order chi connectivity index (χ0) is 43.4. The van der Waals surface area contributed by atoms with E-state index in [1.54, 1.807) is 0 Å². The van der Waals surface area contributed by atoms with Gasteiger partial charge in [-0.1, -0.05) is 120 Å². The van der Waals surface area contributed by atoms with Crippen LogP contribution in [0.5, 0.6) is 0 Å². The van der Waals surface area contributed by atoms with E-state index in [-0.39, 0.29) is 38.7 Å². The summed E-state index contributed by atoms with van der Waals surface area (Å²) in [5.41, 5.74) is 7.99. The average Bonchev–Trinajstić information content (AvgIpc) is 3.48. The number of aryl methyl sites for hydroxylation is 2. The molecule has 59 heavy (non-hydrogen) atoms. The molecule has 0 saturated carbocycles. The number of hydrogen-bond donors (Lipinski definition) is 3. The first-order chi connectivity index (χ1) is 28.5. The van der Waals surface area contributed by atoms with E-state index in [0.29, 0.717) is 25.7 Å². The largest absolute Gasteiger partial charge is 0.472 e. The van der Waals surface area contributed by atoms with E-state index in [1.165, 1.54) is 49.0 Å². The van der Waals surface area contributed by atoms with Crippen molar-refractivity contribution in [3.8, 4) is 0 Å². The second-order valence-corrected chi connectivity index (χ2v) is 16.8. The number of aliphatic hydroxyl groups is 1. The lowest BCUT2D eigenvalue weighted by Gasteiger charge is -2.19. The number of unbranched alkanes of at least 4 members (excludes halogenated alkanes) is 10. The lowest BCUT2D eigenvalue weighted by molar-refractivity contribution is -0.161. The maximum absolute atomic E-state index is 12.6. The number of furan rings is 1. The van der Waals surface area contributed by atoms with E-state index in [2.05, 4.69) is 58.1 Å². The van der Waals surface area contributed by atoms with Crippen molar-refractivity contribution in [2.75, 3.05) is 26.4 Å². The molecule has 0 spiro atoms. The molecular weight excluding hydrogens is 769 g/mol. The van der Waals surface area contributed by atoms with Gasteiger partial charge in [-0.25, -0.2) is 4.57 Å². The van der Waals surface area contributed by atoms with Gasteiger partial charge in [-0.15, -0.1) is 0 Å². The minimum Gasteiger partial charge on any atom is -0.466 e. The number of aliphatic hydroxyl groups excluding tert-OH is 1. The molecule has 1 aromatic rings. The standard InChI is InChI=1S/C47H80NO10P/c1-5-7-25-32-44-40(3)41(4)45(58-44)33-27-22-18-15-16-19-23-28-34-46(50)54-38-43(39-56-59(52,53)55-37-36-48)57-47(51)35-29-24-20-14-12-10-8-9-11-13-17-21-26-31-42(49)30-6-2/h8,10-11,13-14,20-21,26,42-43,49H,5-7,9,12,15-19,22-25,27-39,48H2,1-4H3,(H,52,53)/b10-8-,13-11-,20-14-,26-21-/t42?,43-/m1/s1. The third-order valence-electron chi connectivity index (χ3n) is 9.98. The first-order valence-electron chi connectivity index (χ1n) is 22.6. The van der Waals surface area contributed by atoms with Crippen molar-refractivity contribution in [1.29, 1.82) is 0 Å². The van der Waals surface area contributed by atoms with Gasteiger partial charge in [0.1, 0.15) is 18.1 Å². The average molecular weight is 850 g/mol. The lowest BCUT2D eigenvalue weighted by atomic mass is 10.0. The van der Waals surface area contributed by atoms with E-state index in [1.807, 2.05) is 18.2 Å². The van der Waals surface area contributed by atoms with Crippen molar-refractivity contribution < 1.29 is 47.1 Å². The Morgan fingerprint density at radius 1 is 0.695 bits per heavy atom. The number of phosphoric ester groups is 1. The van der Waals surface area contributed by atoms with Crippen LogP contribution >= 0.6 is 7.82 Å². The minimum absolute atomic E-state index is 0.0307. The third-order valence-corrected chi connectivity index (χ3v) is 11.0. The fourth-order valence-corrected chi connectivity index (χ4v) is 7.11. The molecular formula is C47H80NO10P. The number of carbonyl (C=O) groups excluding carboxylic acids is 2. The molecule has 0 aliphatic rings. The number of hydrogen-bond acceptors (Lipinski definition) is 10. The van der Waals surface area contributed by atoms with E-state index < -0.39 is 32.5 Å². The number of phosphoric acid groups is 1. The van der Waals surface area contributed by atoms with Gasteiger partial charge >= 0.3 is 19.8 Å². The Morgan fingerprint density at radius 3 is 1.83 bits per heavy atom. The monoisotopic (exact) mass is 850 g/mol. The third kappa shape index (κ3) is 30.0. The first kappa shape index (κ1) is 54.2. The van der Waals surface area contributed by atoms with Crippen molar-refractivity contribution in [3.05, 3.63) is 71.3 Å². The Bertz CT molecular complexity index is 1400. The molecule has 2 unspecified atom stereocenters. The van der Waals surface area contributed by atoms with Gasteiger partial charge in [-0.2, -0.15) is 0 Å². The van der Waals surface area contributed by atoms with Crippen molar-refractivity contribution in [1.82, 2.24) is 0 Å². The molecule has 0 aromatic carbocycles. The summed E-state index contributed by atoms with van der Waals surface area (Å²) >= 11 is 0. The van der Waals surface area contributed by atoms with Gasteiger partial charge in [0, 0.05) is 32.2 Å². The molecule has 1 heterocycles. The van der Waals surface area contributed by atoms with Crippen molar-refractivity contribution in [2.24, 2.45) is 5.73 Å². The number of esters is 2. The summed E-state index contributed by atoms with van der Waals surface area (Å²) in [4.78, 5) is 35.0. The molecule has 338 valence electrons. The molecule has 1 aromatic heterocycles. The van der Waals surface area contributed by atoms with Crippen LogP contribution in [-0.2, 0) is 45.5 Å². The van der Waals surface area contributed by atoms with Crippen LogP contribution in [0.1, 0.15) is 171 Å². The van der Waals surface area contributed by atoms with E-state index in [9.17, 15) is 24.2 Å². The van der Waals surface area contributed by atoms with E-state index in [0.717, 1.165) is 82.8 Å². The zero-order valence-electron chi connectivity index (χ0n) is 37.1. The SMILES string of the molecule is CCCCCc1oc(CCCCCCCCCCC(=O)OC[C@H](COP(=O)(O)OCCN)OC(=O)CCC/C=C\C/C=C\C/C=C\C/C=C\CC(O)CCC)c(C)c1C. The van der Waals surface area contributed by atoms with Crippen LogP contribution in [0, 0.1) is 13.8 Å². The number of nitrogens with two attached hydrogens (primary N) is 1. The zero-order valence-corrected chi connectivity index (χ0v) is 37.9. The summed E-state index contributed by atoms with van der Waals surface area (Å²) in [7, 11) is -4.42. The summed E-state index contributed by atoms with van der Waals surface area (Å²) in [6.45, 7) is 7.75. The van der Waals surface area contributed by atoms with Gasteiger partial charge < -0.3 is 29.6 Å². The Kier molecular flexibility index (Phi) is 33.0. The predicted octanol–water partition coefficient (Wildman–Crippen LogP) is 11.3. The van der Waals surface area contributed by atoms with Crippen molar-refractivity contribution >= 4 is 19.8 Å². The van der Waals surface area contributed by atoms with Crippen LogP contribution in [0.2, 0.25) is 0 Å². The van der Waals surface area contributed by atoms with Gasteiger partial charge in [0.15, 0.2) is 6.10 Å². The number of rotatable bonds is 38. The van der Waals surface area contributed by atoms with E-state index in [4.69, 9.17) is 28.7 Å². The van der Waals surface area contributed by atoms with Gasteiger partial charge in [0.2, 0.25) is 0 Å². The van der Waals surface area contributed by atoms with Crippen LogP contribution in [0.4, 0.5) is 0 Å². The molecule has 0 aliphatic carbocycles. The summed E-state index contributed by atoms with van der Waals surface area (Å²) in [6, 6.07) is 0. The molecule has 0 radical (unpaired) electrons. The molecule has 12 heteroatoms. The maximum Gasteiger partial charge on any atom is 0.472 e. The predicted molar refractivity (Wildman–Crippen MR) is 238 cm³/mol. The Morgan fingerprint density at radius 2 is 1.24 bits per heavy atom. The van der Waals surface area contributed by atoms with Crippen molar-refractivity contribution in [2.45, 2.75) is 188 Å². The lowest BCUT2D eigenvalue weighted by Crippen LogP contribution is -2.29.